The number of nitrogens with one attached hydrogen (secondary N) is 1. The van der Waals surface area contributed by atoms with Crippen LogP contribution in [0.25, 0.3) is 33.7 Å². The first-order chi connectivity index (χ1) is 10.3. The Kier molecular flexibility index (Phi) is 2.57. The van der Waals surface area contributed by atoms with E-state index in [1.807, 2.05) is 30.5 Å². The number of hydrogen-bond acceptors (Lipinski definition) is 3. The van der Waals surface area contributed by atoms with E-state index in [9.17, 15) is 4.39 Å². The Morgan fingerprint density at radius 2 is 1.95 bits per heavy atom. The van der Waals surface area contributed by atoms with E-state index in [1.54, 1.807) is 12.1 Å². The molecule has 0 bridgehead atoms. The second kappa shape index (κ2) is 4.56. The van der Waals surface area contributed by atoms with Crippen LogP contribution in [0.15, 0.2) is 59.3 Å². The van der Waals surface area contributed by atoms with E-state index in [2.05, 4.69) is 15.1 Å². The first-order valence-corrected chi connectivity index (χ1v) is 6.47. The molecule has 0 spiro atoms. The molecule has 2 aromatic heterocycles. The Balaban J connectivity index is 1.81. The van der Waals surface area contributed by atoms with Crippen molar-refractivity contribution >= 4 is 10.9 Å². The molecule has 0 aliphatic heterocycles. The minimum Gasteiger partial charge on any atom is -0.360 e. The number of fused-ring (bicyclic) bond motifs is 1. The van der Waals surface area contributed by atoms with E-state index < -0.39 is 0 Å². The molecule has 0 saturated carbocycles. The summed E-state index contributed by atoms with van der Waals surface area (Å²) in [6.45, 7) is 0. The van der Waals surface area contributed by atoms with E-state index in [-0.39, 0.29) is 5.82 Å². The minimum absolute atomic E-state index is 0.328. The van der Waals surface area contributed by atoms with Gasteiger partial charge in [-0.3, -0.25) is 0 Å². The summed E-state index contributed by atoms with van der Waals surface area (Å²) in [5.74, 6) is 0.451. The fourth-order valence-corrected chi connectivity index (χ4v) is 2.33. The summed E-state index contributed by atoms with van der Waals surface area (Å²) < 4.78 is 18.6. The number of nitrogens with zero attached hydrogens (tertiary/aromatic N) is 2. The van der Waals surface area contributed by atoms with Crippen molar-refractivity contribution in [3.05, 3.63) is 60.5 Å². The van der Waals surface area contributed by atoms with Crippen molar-refractivity contribution in [3.8, 4) is 22.8 Å². The van der Waals surface area contributed by atoms with Crippen LogP contribution in [0.2, 0.25) is 0 Å². The van der Waals surface area contributed by atoms with Crippen LogP contribution in [-0.2, 0) is 0 Å². The molecule has 0 fully saturated rings. The highest BCUT2D eigenvalue weighted by Crippen LogP contribution is 2.28. The maximum absolute atomic E-state index is 13.3. The van der Waals surface area contributed by atoms with Gasteiger partial charge in [-0.15, -0.1) is 0 Å². The lowest BCUT2D eigenvalue weighted by molar-refractivity contribution is 0.432. The summed E-state index contributed by atoms with van der Waals surface area (Å²) in [7, 11) is 0. The van der Waals surface area contributed by atoms with Crippen LogP contribution < -0.4 is 0 Å². The maximum atomic E-state index is 13.3. The van der Waals surface area contributed by atoms with E-state index in [1.165, 1.54) is 12.1 Å². The third-order valence-electron chi connectivity index (χ3n) is 3.33. The molecule has 5 heteroatoms. The Hall–Kier alpha value is -2.95. The predicted octanol–water partition coefficient (Wildman–Crippen LogP) is 4.02. The first-order valence-electron chi connectivity index (χ1n) is 6.47. The number of aromatic nitrogens is 3. The zero-order chi connectivity index (χ0) is 14.2. The smallest absolute Gasteiger partial charge is 0.260 e. The van der Waals surface area contributed by atoms with Crippen molar-refractivity contribution in [2.75, 3.05) is 0 Å². The number of rotatable bonds is 2. The molecule has 2 aromatic carbocycles. The predicted molar refractivity (Wildman–Crippen MR) is 77.0 cm³/mol. The van der Waals surface area contributed by atoms with Gasteiger partial charge in [0.2, 0.25) is 5.82 Å². The van der Waals surface area contributed by atoms with Gasteiger partial charge in [-0.1, -0.05) is 35.5 Å². The summed E-state index contributed by atoms with van der Waals surface area (Å²) in [5.41, 5.74) is 2.42. The van der Waals surface area contributed by atoms with E-state index in [0.717, 1.165) is 16.5 Å². The van der Waals surface area contributed by atoms with Crippen LogP contribution in [0, 0.1) is 5.82 Å². The molecule has 2 heterocycles. The Bertz CT molecular complexity index is 926. The van der Waals surface area contributed by atoms with Gasteiger partial charge >= 0.3 is 0 Å². The van der Waals surface area contributed by atoms with Crippen molar-refractivity contribution < 1.29 is 8.91 Å². The van der Waals surface area contributed by atoms with Gasteiger partial charge in [0.05, 0.1) is 5.56 Å². The third-order valence-corrected chi connectivity index (χ3v) is 3.33. The lowest BCUT2D eigenvalue weighted by Crippen LogP contribution is -1.82. The van der Waals surface area contributed by atoms with Crippen molar-refractivity contribution in [3.63, 3.8) is 0 Å². The van der Waals surface area contributed by atoms with E-state index in [0.29, 0.717) is 17.3 Å². The summed E-state index contributed by atoms with van der Waals surface area (Å²) in [5, 5.41) is 4.93. The van der Waals surface area contributed by atoms with Gasteiger partial charge in [0.25, 0.3) is 5.89 Å². The van der Waals surface area contributed by atoms with Crippen molar-refractivity contribution in [2.24, 2.45) is 0 Å². The van der Waals surface area contributed by atoms with Crippen molar-refractivity contribution in [2.45, 2.75) is 0 Å². The average molecular weight is 279 g/mol. The van der Waals surface area contributed by atoms with Crippen LogP contribution in [0.4, 0.5) is 4.39 Å². The minimum atomic E-state index is -0.328. The molecule has 102 valence electrons. The van der Waals surface area contributed by atoms with Gasteiger partial charge in [-0.25, -0.2) is 4.39 Å². The fourth-order valence-electron chi connectivity index (χ4n) is 2.33. The van der Waals surface area contributed by atoms with Gasteiger partial charge in [-0.2, -0.15) is 4.98 Å². The number of benzene rings is 2. The summed E-state index contributed by atoms with van der Waals surface area (Å²) >= 11 is 0. The van der Waals surface area contributed by atoms with Gasteiger partial charge in [0.1, 0.15) is 5.82 Å². The lowest BCUT2D eigenvalue weighted by Gasteiger charge is -1.93. The van der Waals surface area contributed by atoms with Gasteiger partial charge in [0, 0.05) is 22.7 Å². The highest BCUT2D eigenvalue weighted by molar-refractivity contribution is 5.93. The van der Waals surface area contributed by atoms with E-state index in [4.69, 9.17) is 4.52 Å². The first kappa shape index (κ1) is 11.8. The van der Waals surface area contributed by atoms with Crippen molar-refractivity contribution in [1.29, 1.82) is 0 Å². The summed E-state index contributed by atoms with van der Waals surface area (Å²) in [6.07, 6.45) is 1.83. The number of H-pyrrole nitrogens is 1. The average Bonchev–Trinajstić information content (AvgIpc) is 3.14. The van der Waals surface area contributed by atoms with Gasteiger partial charge in [-0.05, 0) is 18.2 Å². The van der Waals surface area contributed by atoms with Gasteiger partial charge < -0.3 is 9.51 Å². The molecule has 0 saturated heterocycles. The molecule has 21 heavy (non-hydrogen) atoms. The lowest BCUT2D eigenvalue weighted by atomic mass is 10.2. The fraction of sp³-hybridized carbons (Fsp3) is 0. The Morgan fingerprint density at radius 3 is 2.86 bits per heavy atom. The molecular formula is C16H10FN3O. The normalized spacial score (nSPS) is 11.1. The molecule has 0 atom stereocenters. The SMILES string of the molecule is Fc1cccc(-c2noc(-c3c[nH]c4ccccc34)n2)c1. The highest BCUT2D eigenvalue weighted by atomic mass is 19.1. The number of halogens is 1. The van der Waals surface area contributed by atoms with Crippen molar-refractivity contribution in [1.82, 2.24) is 15.1 Å². The summed E-state index contributed by atoms with van der Waals surface area (Å²) in [4.78, 5) is 7.51. The maximum Gasteiger partial charge on any atom is 0.260 e. The Morgan fingerprint density at radius 1 is 1.05 bits per heavy atom. The molecule has 4 rings (SSSR count). The second-order valence-corrected chi connectivity index (χ2v) is 4.68. The number of aromatic amines is 1. The van der Waals surface area contributed by atoms with Crippen LogP contribution in [0.1, 0.15) is 0 Å². The zero-order valence-electron chi connectivity index (χ0n) is 10.9. The van der Waals surface area contributed by atoms with Crippen LogP contribution >= 0.6 is 0 Å². The largest absolute Gasteiger partial charge is 0.360 e. The van der Waals surface area contributed by atoms with Crippen LogP contribution in [0.5, 0.6) is 0 Å². The topological polar surface area (TPSA) is 54.7 Å². The molecule has 0 aliphatic rings. The highest BCUT2D eigenvalue weighted by Gasteiger charge is 2.14. The molecular weight excluding hydrogens is 269 g/mol. The third kappa shape index (κ3) is 1.99. The molecule has 0 unspecified atom stereocenters. The van der Waals surface area contributed by atoms with Crippen LogP contribution in [0.3, 0.4) is 0 Å². The molecule has 4 aromatic rings. The monoisotopic (exact) mass is 279 g/mol. The second-order valence-electron chi connectivity index (χ2n) is 4.68. The molecule has 0 amide bonds. The van der Waals surface area contributed by atoms with E-state index >= 15 is 0 Å². The number of para-hydroxylation sites is 1. The summed E-state index contributed by atoms with van der Waals surface area (Å²) in [6, 6.07) is 14.0. The molecule has 1 N–H and O–H groups in total. The van der Waals surface area contributed by atoms with Crippen LogP contribution in [-0.4, -0.2) is 15.1 Å². The number of hydrogen-bond donors (Lipinski definition) is 1. The quantitative estimate of drug-likeness (QED) is 0.603. The molecule has 0 radical (unpaired) electrons. The Labute approximate surface area is 119 Å². The standard InChI is InChI=1S/C16H10FN3O/c17-11-5-3-4-10(8-11)15-19-16(21-20-15)13-9-18-14-7-2-1-6-12(13)14/h1-9,18H. The zero-order valence-corrected chi connectivity index (χ0v) is 10.9. The molecule has 4 nitrogen and oxygen atoms in total. The van der Waals surface area contributed by atoms with Gasteiger partial charge in [0.15, 0.2) is 0 Å². The molecule has 0 aliphatic carbocycles.